The van der Waals surface area contributed by atoms with Crippen molar-refractivity contribution in [2.45, 2.75) is 25.9 Å². The summed E-state index contributed by atoms with van der Waals surface area (Å²) in [4.78, 5) is 12.6. The number of rotatable bonds is 9. The Bertz CT molecular complexity index is 956. The molecule has 0 radical (unpaired) electrons. The van der Waals surface area contributed by atoms with Gasteiger partial charge in [0.1, 0.15) is 30.8 Å². The van der Waals surface area contributed by atoms with Crippen LogP contribution in [0, 0.1) is 0 Å². The second kappa shape index (κ2) is 10.5. The molecule has 2 N–H and O–H groups in total. The van der Waals surface area contributed by atoms with Gasteiger partial charge in [-0.1, -0.05) is 62.4 Å². The summed E-state index contributed by atoms with van der Waals surface area (Å²) in [5.41, 5.74) is 2.20. The first-order valence-electron chi connectivity index (χ1n) is 10.0. The average molecular weight is 405 g/mol. The van der Waals surface area contributed by atoms with E-state index in [2.05, 4.69) is 19.2 Å². The van der Waals surface area contributed by atoms with Crippen molar-refractivity contribution < 1.29 is 19.4 Å². The third-order valence-corrected chi connectivity index (χ3v) is 4.57. The number of benzene rings is 3. The largest absolute Gasteiger partial charge is 0.490 e. The van der Waals surface area contributed by atoms with E-state index in [-0.39, 0.29) is 19.1 Å². The standard InChI is InChI=1S/C25H27NO4/c1-18(2)21-12-6-8-14-23(21)29-16-20(27)17-30-24-15-9-7-13-22(24)25(28)26-19-10-4-3-5-11-19/h3-15,18,20,27H,16-17H2,1-2H3,(H,26,28)/t20-/m1/s1. The Labute approximate surface area is 177 Å². The van der Waals surface area contributed by atoms with E-state index in [1.165, 1.54) is 0 Å². The van der Waals surface area contributed by atoms with Gasteiger partial charge in [-0.2, -0.15) is 0 Å². The topological polar surface area (TPSA) is 67.8 Å². The van der Waals surface area contributed by atoms with Crippen LogP contribution in [0.5, 0.6) is 11.5 Å². The quantitative estimate of drug-likeness (QED) is 0.532. The normalized spacial score (nSPS) is 11.7. The number of anilines is 1. The van der Waals surface area contributed by atoms with Crippen LogP contribution in [0.25, 0.3) is 0 Å². The minimum absolute atomic E-state index is 0.0134. The van der Waals surface area contributed by atoms with Crippen LogP contribution in [-0.4, -0.2) is 30.3 Å². The fourth-order valence-corrected chi connectivity index (χ4v) is 3.01. The van der Waals surface area contributed by atoms with E-state index >= 15 is 0 Å². The number of para-hydroxylation sites is 3. The van der Waals surface area contributed by atoms with Crippen LogP contribution in [0.1, 0.15) is 35.7 Å². The zero-order chi connectivity index (χ0) is 21.3. The predicted octanol–water partition coefficient (Wildman–Crippen LogP) is 4.88. The number of ether oxygens (including phenoxy) is 2. The Kier molecular flexibility index (Phi) is 7.46. The maximum absolute atomic E-state index is 12.6. The summed E-state index contributed by atoms with van der Waals surface area (Å²) in [5, 5.41) is 13.2. The van der Waals surface area contributed by atoms with Crippen molar-refractivity contribution in [3.63, 3.8) is 0 Å². The molecule has 0 spiro atoms. The molecule has 0 bridgehead atoms. The van der Waals surface area contributed by atoms with E-state index in [9.17, 15) is 9.90 Å². The number of carbonyl (C=O) groups excluding carboxylic acids is 1. The summed E-state index contributed by atoms with van der Waals surface area (Å²) < 4.78 is 11.5. The molecule has 0 aromatic heterocycles. The summed E-state index contributed by atoms with van der Waals surface area (Å²) in [6, 6.07) is 24.0. The first kappa shape index (κ1) is 21.4. The molecule has 3 aromatic rings. The fraction of sp³-hybridized carbons (Fsp3) is 0.240. The molecule has 156 valence electrons. The van der Waals surface area contributed by atoms with Crippen LogP contribution in [0.4, 0.5) is 5.69 Å². The van der Waals surface area contributed by atoms with Gasteiger partial charge in [-0.3, -0.25) is 4.79 Å². The Morgan fingerprint density at radius 1 is 0.833 bits per heavy atom. The lowest BCUT2D eigenvalue weighted by Crippen LogP contribution is -2.26. The van der Waals surface area contributed by atoms with Crippen molar-refractivity contribution in [3.8, 4) is 11.5 Å². The molecule has 3 rings (SSSR count). The number of nitrogens with one attached hydrogen (secondary N) is 1. The SMILES string of the molecule is CC(C)c1ccccc1OC[C@@H](O)COc1ccccc1C(=O)Nc1ccccc1. The van der Waals surface area contributed by atoms with Crippen LogP contribution in [0.2, 0.25) is 0 Å². The third-order valence-electron chi connectivity index (χ3n) is 4.57. The van der Waals surface area contributed by atoms with Crippen LogP contribution in [0.3, 0.4) is 0 Å². The van der Waals surface area contributed by atoms with Crippen molar-refractivity contribution in [2.24, 2.45) is 0 Å². The first-order valence-corrected chi connectivity index (χ1v) is 10.0. The molecule has 5 nitrogen and oxygen atoms in total. The molecule has 0 aliphatic rings. The van der Waals surface area contributed by atoms with E-state index in [1.54, 1.807) is 24.3 Å². The van der Waals surface area contributed by atoms with Crippen molar-refractivity contribution in [1.82, 2.24) is 0 Å². The number of aliphatic hydroxyl groups excluding tert-OH is 1. The van der Waals surface area contributed by atoms with Gasteiger partial charge in [0.25, 0.3) is 5.91 Å². The first-order chi connectivity index (χ1) is 14.5. The van der Waals surface area contributed by atoms with Crippen molar-refractivity contribution in [2.75, 3.05) is 18.5 Å². The van der Waals surface area contributed by atoms with Gasteiger partial charge in [0.2, 0.25) is 0 Å². The zero-order valence-corrected chi connectivity index (χ0v) is 17.2. The summed E-state index contributed by atoms with van der Waals surface area (Å²) in [6.45, 7) is 4.31. The van der Waals surface area contributed by atoms with E-state index in [4.69, 9.17) is 9.47 Å². The van der Waals surface area contributed by atoms with Crippen LogP contribution >= 0.6 is 0 Å². The fourth-order valence-electron chi connectivity index (χ4n) is 3.01. The summed E-state index contributed by atoms with van der Waals surface area (Å²) in [5.74, 6) is 1.22. The molecule has 0 saturated carbocycles. The van der Waals surface area contributed by atoms with E-state index in [0.29, 0.717) is 22.9 Å². The average Bonchev–Trinajstić information content (AvgIpc) is 2.77. The molecule has 30 heavy (non-hydrogen) atoms. The highest BCUT2D eigenvalue weighted by atomic mass is 16.5. The van der Waals surface area contributed by atoms with Gasteiger partial charge >= 0.3 is 0 Å². The maximum Gasteiger partial charge on any atom is 0.259 e. The lowest BCUT2D eigenvalue weighted by Gasteiger charge is -2.18. The molecule has 5 heteroatoms. The molecule has 1 amide bonds. The highest BCUT2D eigenvalue weighted by molar-refractivity contribution is 6.06. The van der Waals surface area contributed by atoms with Crippen LogP contribution < -0.4 is 14.8 Å². The van der Waals surface area contributed by atoms with Crippen molar-refractivity contribution in [1.29, 1.82) is 0 Å². The monoisotopic (exact) mass is 405 g/mol. The molecule has 0 fully saturated rings. The molecule has 1 atom stereocenters. The Morgan fingerprint density at radius 3 is 2.10 bits per heavy atom. The van der Waals surface area contributed by atoms with Crippen molar-refractivity contribution in [3.05, 3.63) is 90.0 Å². The molecule has 0 heterocycles. The number of aliphatic hydroxyl groups is 1. The molecule has 3 aromatic carbocycles. The van der Waals surface area contributed by atoms with Gasteiger partial charge in [0, 0.05) is 5.69 Å². The minimum atomic E-state index is -0.838. The summed E-state index contributed by atoms with van der Waals surface area (Å²) in [7, 11) is 0. The Balaban J connectivity index is 1.58. The third kappa shape index (κ3) is 5.84. The minimum Gasteiger partial charge on any atom is -0.490 e. The van der Waals surface area contributed by atoms with Crippen LogP contribution in [0.15, 0.2) is 78.9 Å². The van der Waals surface area contributed by atoms with Gasteiger partial charge in [0.05, 0.1) is 5.56 Å². The highest BCUT2D eigenvalue weighted by Gasteiger charge is 2.15. The number of amides is 1. The lowest BCUT2D eigenvalue weighted by atomic mass is 10.0. The molecule has 0 unspecified atom stereocenters. The number of hydrogen-bond donors (Lipinski definition) is 2. The second-order valence-electron chi connectivity index (χ2n) is 7.28. The Morgan fingerprint density at radius 2 is 1.40 bits per heavy atom. The van der Waals surface area contributed by atoms with Gasteiger partial charge in [-0.15, -0.1) is 0 Å². The van der Waals surface area contributed by atoms with Crippen molar-refractivity contribution >= 4 is 11.6 Å². The predicted molar refractivity (Wildman–Crippen MR) is 118 cm³/mol. The summed E-state index contributed by atoms with van der Waals surface area (Å²) >= 11 is 0. The van der Waals surface area contributed by atoms with E-state index in [0.717, 1.165) is 11.3 Å². The van der Waals surface area contributed by atoms with Crippen LogP contribution in [-0.2, 0) is 0 Å². The van der Waals surface area contributed by atoms with Gasteiger partial charge in [-0.05, 0) is 41.8 Å². The Hall–Kier alpha value is -3.31. The lowest BCUT2D eigenvalue weighted by molar-refractivity contribution is 0.0616. The zero-order valence-electron chi connectivity index (χ0n) is 17.2. The van der Waals surface area contributed by atoms with E-state index < -0.39 is 6.10 Å². The van der Waals surface area contributed by atoms with Gasteiger partial charge in [-0.25, -0.2) is 0 Å². The molecule has 0 aliphatic heterocycles. The number of carbonyl (C=O) groups is 1. The molecule has 0 aliphatic carbocycles. The van der Waals surface area contributed by atoms with Gasteiger partial charge < -0.3 is 19.9 Å². The maximum atomic E-state index is 12.6. The molecular weight excluding hydrogens is 378 g/mol. The molecular formula is C25H27NO4. The summed E-state index contributed by atoms with van der Waals surface area (Å²) in [6.07, 6.45) is -0.838. The number of hydrogen-bond acceptors (Lipinski definition) is 4. The molecule has 0 saturated heterocycles. The van der Waals surface area contributed by atoms with Gasteiger partial charge in [0.15, 0.2) is 0 Å². The van der Waals surface area contributed by atoms with E-state index in [1.807, 2.05) is 54.6 Å². The second-order valence-corrected chi connectivity index (χ2v) is 7.28. The smallest absolute Gasteiger partial charge is 0.259 e. The highest BCUT2D eigenvalue weighted by Crippen LogP contribution is 2.26.